The highest BCUT2D eigenvalue weighted by atomic mass is 19.2. The summed E-state index contributed by atoms with van der Waals surface area (Å²) >= 11 is 0. The maximum absolute atomic E-state index is 13.9. The highest BCUT2D eigenvalue weighted by molar-refractivity contribution is 6.09. The highest BCUT2D eigenvalue weighted by Crippen LogP contribution is 2.36. The number of anilines is 1. The number of hydrogen-bond acceptors (Lipinski definition) is 2. The summed E-state index contributed by atoms with van der Waals surface area (Å²) in [4.78, 5) is 25.2. The second kappa shape index (κ2) is 4.75. The molecule has 1 spiro atoms. The Kier molecular flexibility index (Phi) is 3.15. The van der Waals surface area contributed by atoms with Gasteiger partial charge in [0.1, 0.15) is 17.9 Å². The van der Waals surface area contributed by atoms with Gasteiger partial charge in [-0.05, 0) is 12.8 Å². The first kappa shape index (κ1) is 13.9. The van der Waals surface area contributed by atoms with E-state index in [4.69, 9.17) is 0 Å². The Morgan fingerprint density at radius 1 is 1.10 bits per heavy atom. The smallest absolute Gasteiger partial charge is 0.253 e. The van der Waals surface area contributed by atoms with Crippen LogP contribution in [0.15, 0.2) is 12.1 Å². The predicted molar refractivity (Wildman–Crippen MR) is 68.0 cm³/mol. The minimum Gasteiger partial charge on any atom is -0.340 e. The minimum absolute atomic E-state index is 0.401. The first-order chi connectivity index (χ1) is 9.93. The lowest BCUT2D eigenvalue weighted by Crippen LogP contribution is -2.66. The standard InChI is InChI=1S/C14H13F3N2O2/c15-8-5-9(16)12(17)10(6-8)19-7-11(20)18-14(13(19)21)3-1-2-4-14/h5-6H,1-4,7H2,(H,18,20). The maximum Gasteiger partial charge on any atom is 0.253 e. The lowest BCUT2D eigenvalue weighted by atomic mass is 9.92. The van der Waals surface area contributed by atoms with E-state index in [2.05, 4.69) is 5.32 Å². The van der Waals surface area contributed by atoms with Crippen molar-refractivity contribution in [2.45, 2.75) is 31.2 Å². The van der Waals surface area contributed by atoms with Gasteiger partial charge in [-0.25, -0.2) is 13.2 Å². The fraction of sp³-hybridized carbons (Fsp3) is 0.429. The Hall–Kier alpha value is -2.05. The molecular formula is C14H13F3N2O2. The normalized spacial score (nSPS) is 21.0. The molecule has 7 heteroatoms. The Morgan fingerprint density at radius 3 is 2.43 bits per heavy atom. The van der Waals surface area contributed by atoms with Crippen molar-refractivity contribution in [2.75, 3.05) is 11.4 Å². The number of benzene rings is 1. The largest absolute Gasteiger partial charge is 0.340 e. The Labute approximate surface area is 118 Å². The van der Waals surface area contributed by atoms with Gasteiger partial charge < -0.3 is 5.32 Å². The number of amides is 2. The highest BCUT2D eigenvalue weighted by Gasteiger charge is 2.49. The summed E-state index contributed by atoms with van der Waals surface area (Å²) in [5.74, 6) is -4.68. The van der Waals surface area contributed by atoms with Crippen LogP contribution in [0.25, 0.3) is 0 Å². The van der Waals surface area contributed by atoms with E-state index in [9.17, 15) is 22.8 Å². The van der Waals surface area contributed by atoms with Crippen LogP contribution in [0, 0.1) is 17.5 Å². The van der Waals surface area contributed by atoms with Gasteiger partial charge in [-0.2, -0.15) is 0 Å². The van der Waals surface area contributed by atoms with Crippen LogP contribution in [0.1, 0.15) is 25.7 Å². The predicted octanol–water partition coefficient (Wildman–Crippen LogP) is 1.88. The zero-order valence-corrected chi connectivity index (χ0v) is 11.1. The number of halogens is 3. The third-order valence-corrected chi connectivity index (χ3v) is 4.06. The summed E-state index contributed by atoms with van der Waals surface area (Å²) < 4.78 is 40.5. The van der Waals surface area contributed by atoms with Crippen molar-refractivity contribution in [1.82, 2.24) is 5.32 Å². The summed E-state index contributed by atoms with van der Waals surface area (Å²) in [7, 11) is 0. The van der Waals surface area contributed by atoms with Gasteiger partial charge in [0, 0.05) is 12.1 Å². The lowest BCUT2D eigenvalue weighted by molar-refractivity contribution is -0.135. The maximum atomic E-state index is 13.9. The molecule has 2 aliphatic rings. The van der Waals surface area contributed by atoms with E-state index in [1.807, 2.05) is 0 Å². The molecule has 1 aromatic rings. The number of nitrogens with zero attached hydrogens (tertiary/aromatic N) is 1. The SMILES string of the molecule is O=C1CN(c2cc(F)cc(F)c2F)C(=O)C2(CCCC2)N1. The van der Waals surface area contributed by atoms with E-state index in [-0.39, 0.29) is 0 Å². The molecule has 0 atom stereocenters. The van der Waals surface area contributed by atoms with Crippen molar-refractivity contribution in [3.8, 4) is 0 Å². The molecule has 1 heterocycles. The Bertz CT molecular complexity index is 627. The monoisotopic (exact) mass is 298 g/mol. The van der Waals surface area contributed by atoms with E-state index in [1.165, 1.54) is 0 Å². The van der Waals surface area contributed by atoms with Gasteiger partial charge >= 0.3 is 0 Å². The van der Waals surface area contributed by atoms with Gasteiger partial charge in [0.25, 0.3) is 5.91 Å². The van der Waals surface area contributed by atoms with Gasteiger partial charge in [0.15, 0.2) is 11.6 Å². The summed E-state index contributed by atoms with van der Waals surface area (Å²) in [6.45, 7) is -0.444. The zero-order chi connectivity index (χ0) is 15.2. The van der Waals surface area contributed by atoms with Crippen molar-refractivity contribution < 1.29 is 22.8 Å². The van der Waals surface area contributed by atoms with Crippen molar-refractivity contribution in [3.63, 3.8) is 0 Å². The first-order valence-electron chi connectivity index (χ1n) is 6.70. The van der Waals surface area contributed by atoms with Crippen molar-refractivity contribution in [3.05, 3.63) is 29.6 Å². The molecule has 1 saturated carbocycles. The quantitative estimate of drug-likeness (QED) is 0.805. The average molecular weight is 298 g/mol. The molecule has 3 rings (SSSR count). The summed E-state index contributed by atoms with van der Waals surface area (Å²) in [5.41, 5.74) is -1.59. The van der Waals surface area contributed by atoms with E-state index in [0.29, 0.717) is 18.9 Å². The van der Waals surface area contributed by atoms with Gasteiger partial charge in [-0.3, -0.25) is 14.5 Å². The lowest BCUT2D eigenvalue weighted by Gasteiger charge is -2.39. The second-order valence-corrected chi connectivity index (χ2v) is 5.45. The number of carbonyl (C=O) groups is 2. The minimum atomic E-state index is -1.38. The molecular weight excluding hydrogens is 285 g/mol. The summed E-state index contributed by atoms with van der Waals surface area (Å²) in [6.07, 6.45) is 2.43. The van der Waals surface area contributed by atoms with E-state index in [0.717, 1.165) is 23.8 Å². The van der Waals surface area contributed by atoms with Crippen LogP contribution in [0.4, 0.5) is 18.9 Å². The van der Waals surface area contributed by atoms with Crippen molar-refractivity contribution >= 4 is 17.5 Å². The van der Waals surface area contributed by atoms with Crippen LogP contribution in [0.5, 0.6) is 0 Å². The van der Waals surface area contributed by atoms with Crippen LogP contribution < -0.4 is 10.2 Å². The first-order valence-corrected chi connectivity index (χ1v) is 6.70. The topological polar surface area (TPSA) is 49.4 Å². The molecule has 21 heavy (non-hydrogen) atoms. The molecule has 0 radical (unpaired) electrons. The number of rotatable bonds is 1. The Balaban J connectivity index is 2.05. The van der Waals surface area contributed by atoms with E-state index in [1.54, 1.807) is 0 Å². The van der Waals surface area contributed by atoms with Crippen molar-refractivity contribution in [2.24, 2.45) is 0 Å². The third-order valence-electron chi connectivity index (χ3n) is 4.06. The molecule has 1 aromatic carbocycles. The van der Waals surface area contributed by atoms with Crippen molar-refractivity contribution in [1.29, 1.82) is 0 Å². The second-order valence-electron chi connectivity index (χ2n) is 5.45. The summed E-state index contributed by atoms with van der Waals surface area (Å²) in [6, 6.07) is 1.14. The molecule has 1 aliphatic carbocycles. The molecule has 1 N–H and O–H groups in total. The number of hydrogen-bond donors (Lipinski definition) is 1. The van der Waals surface area contributed by atoms with Crippen LogP contribution in [-0.4, -0.2) is 23.9 Å². The fourth-order valence-corrected chi connectivity index (χ4v) is 3.08. The fourth-order valence-electron chi connectivity index (χ4n) is 3.08. The molecule has 112 valence electrons. The molecule has 2 amide bonds. The zero-order valence-electron chi connectivity index (χ0n) is 11.1. The number of piperazine rings is 1. The molecule has 1 saturated heterocycles. The van der Waals surface area contributed by atoms with Gasteiger partial charge in [0.05, 0.1) is 5.69 Å². The average Bonchev–Trinajstić information content (AvgIpc) is 2.87. The van der Waals surface area contributed by atoms with Gasteiger partial charge in [-0.1, -0.05) is 12.8 Å². The van der Waals surface area contributed by atoms with Crippen LogP contribution >= 0.6 is 0 Å². The molecule has 1 aliphatic heterocycles. The van der Waals surface area contributed by atoms with Gasteiger partial charge in [-0.15, -0.1) is 0 Å². The van der Waals surface area contributed by atoms with E-state index >= 15 is 0 Å². The van der Waals surface area contributed by atoms with Crippen LogP contribution in [-0.2, 0) is 9.59 Å². The number of carbonyl (C=O) groups excluding carboxylic acids is 2. The molecule has 4 nitrogen and oxygen atoms in total. The molecule has 0 bridgehead atoms. The Morgan fingerprint density at radius 2 is 1.76 bits per heavy atom. The molecule has 0 aromatic heterocycles. The van der Waals surface area contributed by atoms with Gasteiger partial charge in [0.2, 0.25) is 5.91 Å². The summed E-state index contributed by atoms with van der Waals surface area (Å²) in [5, 5.41) is 2.65. The third kappa shape index (κ3) is 2.16. The van der Waals surface area contributed by atoms with Crippen LogP contribution in [0.2, 0.25) is 0 Å². The number of nitrogens with one attached hydrogen (secondary N) is 1. The van der Waals surface area contributed by atoms with Crippen LogP contribution in [0.3, 0.4) is 0 Å². The molecule has 0 unspecified atom stereocenters. The van der Waals surface area contributed by atoms with E-state index < -0.39 is 47.0 Å². The molecule has 2 fully saturated rings.